The Labute approximate surface area is 130 Å². The lowest BCUT2D eigenvalue weighted by atomic mass is 9.98. The molecular formula is C17H20ClFN2. The molecule has 1 heterocycles. The second-order valence-electron chi connectivity index (χ2n) is 5.18. The molecule has 4 heteroatoms. The van der Waals surface area contributed by atoms with Gasteiger partial charge in [0, 0.05) is 23.0 Å². The third kappa shape index (κ3) is 4.51. The first-order valence-electron chi connectivity index (χ1n) is 7.20. The van der Waals surface area contributed by atoms with Crippen LogP contribution in [-0.4, -0.2) is 11.5 Å². The van der Waals surface area contributed by atoms with E-state index in [1.165, 1.54) is 6.07 Å². The van der Waals surface area contributed by atoms with Crippen molar-refractivity contribution in [1.29, 1.82) is 0 Å². The van der Waals surface area contributed by atoms with Crippen molar-refractivity contribution in [1.82, 2.24) is 10.3 Å². The quantitative estimate of drug-likeness (QED) is 0.852. The predicted octanol–water partition coefficient (Wildman–Crippen LogP) is 4.47. The van der Waals surface area contributed by atoms with Gasteiger partial charge in [-0.1, -0.05) is 24.6 Å². The van der Waals surface area contributed by atoms with Crippen LogP contribution in [0.15, 0.2) is 36.5 Å². The van der Waals surface area contributed by atoms with E-state index >= 15 is 0 Å². The van der Waals surface area contributed by atoms with Gasteiger partial charge in [0.1, 0.15) is 5.82 Å². The number of nitrogens with zero attached hydrogens (tertiary/aromatic N) is 1. The Kier molecular flexibility index (Phi) is 5.71. The van der Waals surface area contributed by atoms with E-state index in [2.05, 4.69) is 17.2 Å². The van der Waals surface area contributed by atoms with Gasteiger partial charge in [-0.2, -0.15) is 0 Å². The summed E-state index contributed by atoms with van der Waals surface area (Å²) in [7, 11) is 0. The maximum absolute atomic E-state index is 14.0. The molecule has 1 aromatic heterocycles. The second kappa shape index (κ2) is 7.53. The molecule has 0 spiro atoms. The number of hydrogen-bond donors (Lipinski definition) is 1. The molecule has 1 atom stereocenters. The van der Waals surface area contributed by atoms with E-state index in [1.54, 1.807) is 18.3 Å². The van der Waals surface area contributed by atoms with Crippen LogP contribution >= 0.6 is 11.6 Å². The summed E-state index contributed by atoms with van der Waals surface area (Å²) in [5.74, 6) is -0.253. The van der Waals surface area contributed by atoms with Gasteiger partial charge in [0.15, 0.2) is 0 Å². The lowest BCUT2D eigenvalue weighted by molar-refractivity contribution is 0.512. The van der Waals surface area contributed by atoms with Crippen LogP contribution in [0.5, 0.6) is 0 Å². The van der Waals surface area contributed by atoms with Gasteiger partial charge in [-0.05, 0) is 61.7 Å². The highest BCUT2D eigenvalue weighted by atomic mass is 35.5. The van der Waals surface area contributed by atoms with Crippen LogP contribution < -0.4 is 5.32 Å². The van der Waals surface area contributed by atoms with Crippen LogP contribution in [0.25, 0.3) is 0 Å². The molecule has 0 radical (unpaired) electrons. The van der Waals surface area contributed by atoms with E-state index in [-0.39, 0.29) is 11.9 Å². The normalized spacial score (nSPS) is 12.4. The Morgan fingerprint density at radius 1 is 1.29 bits per heavy atom. The van der Waals surface area contributed by atoms with Crippen LogP contribution in [0.2, 0.25) is 5.02 Å². The van der Waals surface area contributed by atoms with Crippen molar-refractivity contribution in [3.63, 3.8) is 0 Å². The fourth-order valence-corrected chi connectivity index (χ4v) is 2.48. The molecule has 0 amide bonds. The highest BCUT2D eigenvalue weighted by Crippen LogP contribution is 2.22. The van der Waals surface area contributed by atoms with Crippen LogP contribution in [0.3, 0.4) is 0 Å². The summed E-state index contributed by atoms with van der Waals surface area (Å²) in [4.78, 5) is 4.22. The first kappa shape index (κ1) is 15.9. The zero-order chi connectivity index (χ0) is 15.2. The molecule has 0 saturated heterocycles. The molecule has 0 fully saturated rings. The van der Waals surface area contributed by atoms with Gasteiger partial charge < -0.3 is 5.32 Å². The Hall–Kier alpha value is -1.45. The van der Waals surface area contributed by atoms with Crippen LogP contribution in [-0.2, 0) is 6.42 Å². The highest BCUT2D eigenvalue weighted by Gasteiger charge is 2.14. The maximum Gasteiger partial charge on any atom is 0.127 e. The number of nitrogens with one attached hydrogen (secondary N) is 1. The molecule has 1 N–H and O–H groups in total. The van der Waals surface area contributed by atoms with E-state index in [0.29, 0.717) is 17.0 Å². The zero-order valence-electron chi connectivity index (χ0n) is 12.4. The fraction of sp³-hybridized carbons (Fsp3) is 0.353. The molecule has 2 aromatic rings. The smallest absolute Gasteiger partial charge is 0.127 e. The number of benzene rings is 1. The summed E-state index contributed by atoms with van der Waals surface area (Å²) >= 11 is 5.81. The van der Waals surface area contributed by atoms with Crippen molar-refractivity contribution in [2.75, 3.05) is 6.54 Å². The van der Waals surface area contributed by atoms with Crippen molar-refractivity contribution >= 4 is 11.6 Å². The van der Waals surface area contributed by atoms with E-state index < -0.39 is 0 Å². The largest absolute Gasteiger partial charge is 0.310 e. The number of aromatic nitrogens is 1. The number of rotatable bonds is 6. The number of halogens is 2. The molecule has 0 bridgehead atoms. The minimum absolute atomic E-state index is 0.0716. The second-order valence-corrected chi connectivity index (χ2v) is 5.61. The molecule has 2 nitrogen and oxygen atoms in total. The van der Waals surface area contributed by atoms with Gasteiger partial charge in [-0.15, -0.1) is 0 Å². The van der Waals surface area contributed by atoms with E-state index in [0.717, 1.165) is 24.2 Å². The fourth-order valence-electron chi connectivity index (χ4n) is 2.32. The SMILES string of the molecule is CCCNC(Cc1ccc(Cl)cc1F)c1ccnc(C)c1. The Morgan fingerprint density at radius 3 is 2.76 bits per heavy atom. The summed E-state index contributed by atoms with van der Waals surface area (Å²) < 4.78 is 14.0. The minimum atomic E-state index is -0.253. The van der Waals surface area contributed by atoms with Crippen LogP contribution in [0.4, 0.5) is 4.39 Å². The van der Waals surface area contributed by atoms with Crippen molar-refractivity contribution in [2.24, 2.45) is 0 Å². The maximum atomic E-state index is 14.0. The summed E-state index contributed by atoms with van der Waals surface area (Å²) in [6, 6.07) is 8.95. The lowest BCUT2D eigenvalue weighted by Gasteiger charge is -2.20. The van der Waals surface area contributed by atoms with Gasteiger partial charge in [-0.25, -0.2) is 4.39 Å². The van der Waals surface area contributed by atoms with Crippen molar-refractivity contribution < 1.29 is 4.39 Å². The molecule has 0 aliphatic rings. The molecule has 21 heavy (non-hydrogen) atoms. The van der Waals surface area contributed by atoms with Gasteiger partial charge >= 0.3 is 0 Å². The molecule has 1 unspecified atom stereocenters. The number of hydrogen-bond acceptors (Lipinski definition) is 2. The monoisotopic (exact) mass is 306 g/mol. The van der Waals surface area contributed by atoms with Gasteiger partial charge in [-0.3, -0.25) is 4.98 Å². The average Bonchev–Trinajstić information content (AvgIpc) is 2.45. The van der Waals surface area contributed by atoms with E-state index in [1.807, 2.05) is 19.1 Å². The molecule has 112 valence electrons. The zero-order valence-corrected chi connectivity index (χ0v) is 13.1. The molecule has 0 aliphatic heterocycles. The number of pyridine rings is 1. The van der Waals surface area contributed by atoms with Crippen molar-refractivity contribution in [3.05, 3.63) is 64.2 Å². The predicted molar refractivity (Wildman–Crippen MR) is 85.1 cm³/mol. The molecule has 0 aliphatic carbocycles. The van der Waals surface area contributed by atoms with Gasteiger partial charge in [0.25, 0.3) is 0 Å². The summed E-state index contributed by atoms with van der Waals surface area (Å²) in [5, 5.41) is 3.90. The highest BCUT2D eigenvalue weighted by molar-refractivity contribution is 6.30. The first-order chi connectivity index (χ1) is 10.1. The minimum Gasteiger partial charge on any atom is -0.310 e. The summed E-state index contributed by atoms with van der Waals surface area (Å²) in [5.41, 5.74) is 2.76. The summed E-state index contributed by atoms with van der Waals surface area (Å²) in [6.45, 7) is 4.97. The topological polar surface area (TPSA) is 24.9 Å². The Balaban J connectivity index is 2.23. The molecule has 0 saturated carbocycles. The first-order valence-corrected chi connectivity index (χ1v) is 7.57. The summed E-state index contributed by atoms with van der Waals surface area (Å²) in [6.07, 6.45) is 3.42. The van der Waals surface area contributed by atoms with Crippen molar-refractivity contribution in [3.8, 4) is 0 Å². The third-order valence-electron chi connectivity index (χ3n) is 3.40. The van der Waals surface area contributed by atoms with Crippen LogP contribution in [0.1, 0.15) is 36.2 Å². The van der Waals surface area contributed by atoms with Crippen molar-refractivity contribution in [2.45, 2.75) is 32.7 Å². The Bertz CT molecular complexity index is 601. The lowest BCUT2D eigenvalue weighted by Crippen LogP contribution is -2.24. The molecule has 1 aromatic carbocycles. The van der Waals surface area contributed by atoms with Gasteiger partial charge in [0.2, 0.25) is 0 Å². The third-order valence-corrected chi connectivity index (χ3v) is 3.64. The average molecular weight is 307 g/mol. The Morgan fingerprint density at radius 2 is 2.10 bits per heavy atom. The van der Waals surface area contributed by atoms with Crippen LogP contribution in [0, 0.1) is 12.7 Å². The van der Waals surface area contributed by atoms with E-state index in [4.69, 9.17) is 11.6 Å². The molecular weight excluding hydrogens is 287 g/mol. The van der Waals surface area contributed by atoms with E-state index in [9.17, 15) is 4.39 Å². The molecule has 2 rings (SSSR count). The number of aryl methyl sites for hydroxylation is 1. The standard InChI is InChI=1S/C17H20ClFN2/c1-3-7-21-17(14-6-8-20-12(2)9-14)10-13-4-5-15(18)11-16(13)19/h4-6,8-9,11,17,21H,3,7,10H2,1-2H3. The van der Waals surface area contributed by atoms with Gasteiger partial charge in [0.05, 0.1) is 0 Å².